The third kappa shape index (κ3) is 4.81. The summed E-state index contributed by atoms with van der Waals surface area (Å²) in [5.74, 6) is -0.847. The van der Waals surface area contributed by atoms with Crippen LogP contribution in [0.3, 0.4) is 0 Å². The Balaban J connectivity index is 1.86. The van der Waals surface area contributed by atoms with Crippen molar-refractivity contribution in [3.05, 3.63) is 29.8 Å². The SMILES string of the molecule is CN(C)C(=O)CN(C)C(=O)CNC(=O)c1ccc(N2CCCC2=O)cc1. The Morgan fingerprint density at radius 1 is 1.08 bits per heavy atom. The molecule has 0 radical (unpaired) electrons. The molecule has 1 N–H and O–H groups in total. The van der Waals surface area contributed by atoms with E-state index in [0.29, 0.717) is 18.5 Å². The van der Waals surface area contributed by atoms with Gasteiger partial charge in [0.2, 0.25) is 17.7 Å². The summed E-state index contributed by atoms with van der Waals surface area (Å²) in [4.78, 5) is 51.9. The summed E-state index contributed by atoms with van der Waals surface area (Å²) in [6.07, 6.45) is 1.39. The third-order valence-corrected chi connectivity index (χ3v) is 4.21. The van der Waals surface area contributed by atoms with Gasteiger partial charge in [-0.2, -0.15) is 0 Å². The van der Waals surface area contributed by atoms with Gasteiger partial charge in [-0.05, 0) is 30.7 Å². The van der Waals surface area contributed by atoms with Crippen molar-refractivity contribution >= 4 is 29.3 Å². The van der Waals surface area contributed by atoms with Gasteiger partial charge in [-0.1, -0.05) is 0 Å². The Kier molecular flexibility index (Phi) is 6.32. The lowest BCUT2D eigenvalue weighted by Gasteiger charge is -2.19. The van der Waals surface area contributed by atoms with Crippen LogP contribution in [0.5, 0.6) is 0 Å². The van der Waals surface area contributed by atoms with E-state index in [1.54, 1.807) is 43.3 Å². The highest BCUT2D eigenvalue weighted by Gasteiger charge is 2.22. The molecule has 1 aliphatic heterocycles. The summed E-state index contributed by atoms with van der Waals surface area (Å²) in [6, 6.07) is 6.70. The minimum absolute atomic E-state index is 0.0414. The number of nitrogens with one attached hydrogen (secondary N) is 1. The van der Waals surface area contributed by atoms with Gasteiger partial charge in [0.25, 0.3) is 5.91 Å². The maximum absolute atomic E-state index is 12.2. The van der Waals surface area contributed by atoms with Crippen molar-refractivity contribution < 1.29 is 19.2 Å². The van der Waals surface area contributed by atoms with Crippen molar-refractivity contribution in [3.63, 3.8) is 0 Å². The van der Waals surface area contributed by atoms with Gasteiger partial charge in [0.1, 0.15) is 0 Å². The van der Waals surface area contributed by atoms with Gasteiger partial charge in [-0.15, -0.1) is 0 Å². The lowest BCUT2D eigenvalue weighted by atomic mass is 10.2. The number of anilines is 1. The number of hydrogen-bond acceptors (Lipinski definition) is 4. The van der Waals surface area contributed by atoms with E-state index in [1.807, 2.05) is 0 Å². The minimum atomic E-state index is -0.384. The number of rotatable bonds is 6. The molecule has 0 unspecified atom stereocenters. The first-order valence-corrected chi connectivity index (χ1v) is 8.42. The van der Waals surface area contributed by atoms with Crippen LogP contribution in [0.25, 0.3) is 0 Å². The van der Waals surface area contributed by atoms with Gasteiger partial charge in [0, 0.05) is 45.4 Å². The molecule has 0 atom stereocenters. The molecule has 1 aliphatic rings. The van der Waals surface area contributed by atoms with E-state index in [4.69, 9.17) is 0 Å². The molecule has 0 aromatic heterocycles. The van der Waals surface area contributed by atoms with Crippen LogP contribution >= 0.6 is 0 Å². The van der Waals surface area contributed by atoms with Gasteiger partial charge in [-0.3, -0.25) is 19.2 Å². The fraction of sp³-hybridized carbons (Fsp3) is 0.444. The van der Waals surface area contributed by atoms with Crippen LogP contribution in [0.4, 0.5) is 5.69 Å². The van der Waals surface area contributed by atoms with Crippen LogP contribution in [0, 0.1) is 0 Å². The number of amides is 4. The van der Waals surface area contributed by atoms with Gasteiger partial charge < -0.3 is 20.0 Å². The van der Waals surface area contributed by atoms with Crippen LogP contribution in [0.2, 0.25) is 0 Å². The number of nitrogens with zero attached hydrogens (tertiary/aromatic N) is 3. The van der Waals surface area contributed by atoms with E-state index in [2.05, 4.69) is 5.32 Å². The van der Waals surface area contributed by atoms with E-state index >= 15 is 0 Å². The molecule has 1 saturated heterocycles. The Morgan fingerprint density at radius 2 is 1.73 bits per heavy atom. The van der Waals surface area contributed by atoms with E-state index in [9.17, 15) is 19.2 Å². The Morgan fingerprint density at radius 3 is 2.27 bits per heavy atom. The second-order valence-electron chi connectivity index (χ2n) is 6.42. The average molecular weight is 360 g/mol. The quantitative estimate of drug-likeness (QED) is 0.779. The van der Waals surface area contributed by atoms with Crippen LogP contribution in [-0.4, -0.2) is 74.2 Å². The van der Waals surface area contributed by atoms with Crippen molar-refractivity contribution in [2.75, 3.05) is 45.7 Å². The fourth-order valence-electron chi connectivity index (χ4n) is 2.54. The van der Waals surface area contributed by atoms with Gasteiger partial charge in [0.15, 0.2) is 0 Å². The maximum Gasteiger partial charge on any atom is 0.251 e. The molecule has 8 heteroatoms. The lowest BCUT2D eigenvalue weighted by Crippen LogP contribution is -2.42. The number of likely N-dealkylation sites (N-methyl/N-ethyl adjacent to an activating group) is 2. The zero-order valence-electron chi connectivity index (χ0n) is 15.3. The molecule has 0 spiro atoms. The van der Waals surface area contributed by atoms with Crippen molar-refractivity contribution in [3.8, 4) is 0 Å². The molecule has 1 heterocycles. The van der Waals surface area contributed by atoms with Crippen LogP contribution in [0.15, 0.2) is 24.3 Å². The highest BCUT2D eigenvalue weighted by atomic mass is 16.2. The molecular formula is C18H24N4O4. The van der Waals surface area contributed by atoms with Crippen molar-refractivity contribution in [1.82, 2.24) is 15.1 Å². The van der Waals surface area contributed by atoms with Crippen LogP contribution < -0.4 is 10.2 Å². The molecule has 4 amide bonds. The highest BCUT2D eigenvalue weighted by molar-refractivity contribution is 5.98. The molecule has 8 nitrogen and oxygen atoms in total. The average Bonchev–Trinajstić information content (AvgIpc) is 3.05. The van der Waals surface area contributed by atoms with Gasteiger partial charge in [-0.25, -0.2) is 0 Å². The number of hydrogen-bond donors (Lipinski definition) is 1. The molecule has 1 aromatic carbocycles. The van der Waals surface area contributed by atoms with E-state index in [0.717, 1.165) is 12.1 Å². The molecule has 1 aromatic rings. The standard InChI is InChI=1S/C18H24N4O4/c1-20(2)17(25)12-21(3)16(24)11-19-18(26)13-6-8-14(9-7-13)22-10-4-5-15(22)23/h6-9H,4-5,10-12H2,1-3H3,(H,19,26). The zero-order chi connectivity index (χ0) is 19.3. The number of benzene rings is 1. The molecule has 140 valence electrons. The van der Waals surface area contributed by atoms with Gasteiger partial charge >= 0.3 is 0 Å². The summed E-state index contributed by atoms with van der Waals surface area (Å²) in [6.45, 7) is 0.458. The first-order chi connectivity index (χ1) is 12.3. The molecular weight excluding hydrogens is 336 g/mol. The normalized spacial score (nSPS) is 13.5. The predicted molar refractivity (Wildman–Crippen MR) is 96.7 cm³/mol. The first kappa shape index (κ1) is 19.4. The molecule has 0 saturated carbocycles. The van der Waals surface area contributed by atoms with E-state index in [1.165, 1.54) is 16.8 Å². The molecule has 1 fully saturated rings. The monoisotopic (exact) mass is 360 g/mol. The fourth-order valence-corrected chi connectivity index (χ4v) is 2.54. The summed E-state index contributed by atoms with van der Waals surface area (Å²) >= 11 is 0. The second kappa shape index (κ2) is 8.46. The summed E-state index contributed by atoms with van der Waals surface area (Å²) in [7, 11) is 4.74. The largest absolute Gasteiger partial charge is 0.347 e. The summed E-state index contributed by atoms with van der Waals surface area (Å²) < 4.78 is 0. The van der Waals surface area contributed by atoms with E-state index < -0.39 is 0 Å². The molecule has 2 rings (SSSR count). The number of carbonyl (C=O) groups excluding carboxylic acids is 4. The summed E-state index contributed by atoms with van der Waals surface area (Å²) in [5.41, 5.74) is 1.17. The Labute approximate surface area is 152 Å². The molecule has 0 bridgehead atoms. The zero-order valence-corrected chi connectivity index (χ0v) is 15.3. The maximum atomic E-state index is 12.2. The van der Waals surface area contributed by atoms with Crippen molar-refractivity contribution in [2.45, 2.75) is 12.8 Å². The number of carbonyl (C=O) groups is 4. The highest BCUT2D eigenvalue weighted by Crippen LogP contribution is 2.21. The summed E-state index contributed by atoms with van der Waals surface area (Å²) in [5, 5.41) is 2.54. The predicted octanol–water partition coefficient (Wildman–Crippen LogP) is 0.0898. The van der Waals surface area contributed by atoms with Crippen molar-refractivity contribution in [1.29, 1.82) is 0 Å². The second-order valence-corrected chi connectivity index (χ2v) is 6.42. The third-order valence-electron chi connectivity index (χ3n) is 4.21. The Hall–Kier alpha value is -2.90. The first-order valence-electron chi connectivity index (χ1n) is 8.42. The van der Waals surface area contributed by atoms with Crippen LogP contribution in [-0.2, 0) is 14.4 Å². The van der Waals surface area contributed by atoms with Gasteiger partial charge in [0.05, 0.1) is 13.1 Å². The smallest absolute Gasteiger partial charge is 0.251 e. The lowest BCUT2D eigenvalue weighted by molar-refractivity contribution is -0.137. The van der Waals surface area contributed by atoms with E-state index in [-0.39, 0.29) is 36.7 Å². The molecule has 26 heavy (non-hydrogen) atoms. The van der Waals surface area contributed by atoms with Crippen LogP contribution in [0.1, 0.15) is 23.2 Å². The topological polar surface area (TPSA) is 90.0 Å². The molecule has 0 aliphatic carbocycles. The Bertz CT molecular complexity index is 700. The van der Waals surface area contributed by atoms with Crippen molar-refractivity contribution in [2.24, 2.45) is 0 Å². The minimum Gasteiger partial charge on any atom is -0.347 e.